The molecule has 0 aromatic carbocycles. The van der Waals surface area contributed by atoms with Gasteiger partial charge in [0.25, 0.3) is 0 Å². The van der Waals surface area contributed by atoms with Crippen molar-refractivity contribution in [3.63, 3.8) is 0 Å². The average Bonchev–Trinajstić information content (AvgIpc) is 2.79. The van der Waals surface area contributed by atoms with Crippen LogP contribution in [0, 0.1) is 0 Å². The maximum atomic E-state index is 12.7. The molecule has 2 heterocycles. The van der Waals surface area contributed by atoms with Crippen LogP contribution in [0.2, 0.25) is 0 Å². The first-order valence-corrected chi connectivity index (χ1v) is 5.98. The predicted molar refractivity (Wildman–Crippen MR) is 69.1 cm³/mol. The molecule has 3 N–H and O–H groups in total. The molecule has 0 spiro atoms. The van der Waals surface area contributed by atoms with Crippen LogP contribution in [0.4, 0.5) is 24.8 Å². The summed E-state index contributed by atoms with van der Waals surface area (Å²) in [6, 6.07) is 5.16. The number of anilines is 2. The van der Waals surface area contributed by atoms with Gasteiger partial charge in [0.05, 0.1) is 11.8 Å². The van der Waals surface area contributed by atoms with Gasteiger partial charge >= 0.3 is 6.18 Å². The van der Waals surface area contributed by atoms with Gasteiger partial charge in [0.2, 0.25) is 0 Å². The van der Waals surface area contributed by atoms with Crippen molar-refractivity contribution in [2.24, 2.45) is 0 Å². The standard InChI is InChI=1S/C13H14F3N3O/c1-8(5-10-3-2-4-20-10)18-12-7-9(13(14,15)16)6-11(17)19-12/h2-4,6-8H,5H2,1H3,(H3,17,18,19). The molecule has 108 valence electrons. The monoisotopic (exact) mass is 285 g/mol. The fourth-order valence-electron chi connectivity index (χ4n) is 1.82. The minimum atomic E-state index is -4.45. The number of furan rings is 1. The molecule has 2 aromatic rings. The minimum Gasteiger partial charge on any atom is -0.469 e. The van der Waals surface area contributed by atoms with Crippen molar-refractivity contribution < 1.29 is 17.6 Å². The molecule has 0 aliphatic heterocycles. The molecule has 4 nitrogen and oxygen atoms in total. The van der Waals surface area contributed by atoms with E-state index in [9.17, 15) is 13.2 Å². The van der Waals surface area contributed by atoms with E-state index >= 15 is 0 Å². The van der Waals surface area contributed by atoms with E-state index in [0.29, 0.717) is 6.42 Å². The van der Waals surface area contributed by atoms with Crippen LogP contribution in [0.5, 0.6) is 0 Å². The molecule has 1 unspecified atom stereocenters. The third kappa shape index (κ3) is 3.66. The van der Waals surface area contributed by atoms with E-state index in [1.165, 1.54) is 0 Å². The molecular formula is C13H14F3N3O. The molecule has 0 saturated heterocycles. The van der Waals surface area contributed by atoms with Gasteiger partial charge in [-0.1, -0.05) is 0 Å². The minimum absolute atomic E-state index is 0.0939. The van der Waals surface area contributed by atoms with E-state index in [-0.39, 0.29) is 17.7 Å². The van der Waals surface area contributed by atoms with Crippen LogP contribution in [-0.4, -0.2) is 11.0 Å². The lowest BCUT2D eigenvalue weighted by molar-refractivity contribution is -0.137. The van der Waals surface area contributed by atoms with Gasteiger partial charge in [0, 0.05) is 12.5 Å². The summed E-state index contributed by atoms with van der Waals surface area (Å²) in [4.78, 5) is 3.85. The van der Waals surface area contributed by atoms with Crippen molar-refractivity contribution in [1.82, 2.24) is 4.98 Å². The summed E-state index contributed by atoms with van der Waals surface area (Å²) in [5.41, 5.74) is 4.58. The summed E-state index contributed by atoms with van der Waals surface area (Å²) >= 11 is 0. The smallest absolute Gasteiger partial charge is 0.416 e. The molecule has 2 rings (SSSR count). The molecule has 0 saturated carbocycles. The lowest BCUT2D eigenvalue weighted by atomic mass is 10.2. The van der Waals surface area contributed by atoms with Crippen LogP contribution in [0.25, 0.3) is 0 Å². The third-order valence-corrected chi connectivity index (χ3v) is 2.65. The summed E-state index contributed by atoms with van der Waals surface area (Å²) in [6.45, 7) is 1.82. The summed E-state index contributed by atoms with van der Waals surface area (Å²) in [6.07, 6.45) is -2.37. The zero-order valence-corrected chi connectivity index (χ0v) is 10.7. The van der Waals surface area contributed by atoms with E-state index < -0.39 is 11.7 Å². The quantitative estimate of drug-likeness (QED) is 0.904. The summed E-state index contributed by atoms with van der Waals surface area (Å²) in [5.74, 6) is 0.661. The van der Waals surface area contributed by atoms with Crippen molar-refractivity contribution in [1.29, 1.82) is 0 Å². The molecule has 1 atom stereocenters. The largest absolute Gasteiger partial charge is 0.469 e. The van der Waals surface area contributed by atoms with Gasteiger partial charge in [0.1, 0.15) is 17.4 Å². The summed E-state index contributed by atoms with van der Waals surface area (Å²) < 4.78 is 43.2. The van der Waals surface area contributed by atoms with E-state index in [2.05, 4.69) is 10.3 Å². The topological polar surface area (TPSA) is 64.1 Å². The Kier molecular flexibility index (Phi) is 3.87. The molecule has 0 aliphatic carbocycles. The number of alkyl halides is 3. The molecule has 0 fully saturated rings. The zero-order valence-electron chi connectivity index (χ0n) is 10.7. The number of rotatable bonds is 4. The van der Waals surface area contributed by atoms with Gasteiger partial charge in [-0.15, -0.1) is 0 Å². The Morgan fingerprint density at radius 1 is 1.40 bits per heavy atom. The Morgan fingerprint density at radius 2 is 2.15 bits per heavy atom. The molecular weight excluding hydrogens is 271 g/mol. The highest BCUT2D eigenvalue weighted by Gasteiger charge is 2.31. The molecule has 2 aromatic heterocycles. The van der Waals surface area contributed by atoms with Gasteiger partial charge in [-0.05, 0) is 31.2 Å². The number of nitrogens with zero attached hydrogens (tertiary/aromatic N) is 1. The van der Waals surface area contributed by atoms with Crippen molar-refractivity contribution in [2.75, 3.05) is 11.1 Å². The van der Waals surface area contributed by atoms with E-state index in [1.54, 1.807) is 18.4 Å². The van der Waals surface area contributed by atoms with Crippen LogP contribution in [-0.2, 0) is 12.6 Å². The zero-order chi connectivity index (χ0) is 14.8. The normalized spacial score (nSPS) is 13.2. The lowest BCUT2D eigenvalue weighted by Crippen LogP contribution is -2.19. The Hall–Kier alpha value is -2.18. The second kappa shape index (κ2) is 5.44. The number of pyridine rings is 1. The second-order valence-corrected chi connectivity index (χ2v) is 4.49. The Morgan fingerprint density at radius 3 is 2.75 bits per heavy atom. The highest BCUT2D eigenvalue weighted by atomic mass is 19.4. The highest BCUT2D eigenvalue weighted by Crippen LogP contribution is 2.31. The van der Waals surface area contributed by atoms with Crippen molar-refractivity contribution in [2.45, 2.75) is 25.6 Å². The SMILES string of the molecule is CC(Cc1ccco1)Nc1cc(C(F)(F)F)cc(N)n1. The number of halogens is 3. The van der Waals surface area contributed by atoms with Gasteiger partial charge < -0.3 is 15.5 Å². The van der Waals surface area contributed by atoms with Crippen molar-refractivity contribution in [3.05, 3.63) is 41.9 Å². The number of nitrogens with two attached hydrogens (primary N) is 1. The summed E-state index contributed by atoms with van der Waals surface area (Å²) in [5, 5.41) is 2.88. The van der Waals surface area contributed by atoms with Gasteiger partial charge in [-0.25, -0.2) is 4.98 Å². The Labute approximate surface area is 113 Å². The van der Waals surface area contributed by atoms with Crippen LogP contribution < -0.4 is 11.1 Å². The molecule has 0 bridgehead atoms. The number of hydrogen-bond acceptors (Lipinski definition) is 4. The maximum Gasteiger partial charge on any atom is 0.416 e. The van der Waals surface area contributed by atoms with Crippen LogP contribution in [0.15, 0.2) is 34.9 Å². The third-order valence-electron chi connectivity index (χ3n) is 2.65. The van der Waals surface area contributed by atoms with Crippen molar-refractivity contribution >= 4 is 11.6 Å². The Bertz CT molecular complexity index is 567. The van der Waals surface area contributed by atoms with Gasteiger partial charge in [0.15, 0.2) is 0 Å². The molecule has 0 amide bonds. The average molecular weight is 285 g/mol. The van der Waals surface area contributed by atoms with Gasteiger partial charge in [-0.2, -0.15) is 13.2 Å². The number of nitrogens with one attached hydrogen (secondary N) is 1. The number of aromatic nitrogens is 1. The first-order chi connectivity index (χ1) is 9.34. The highest BCUT2D eigenvalue weighted by molar-refractivity contribution is 5.48. The molecule has 0 radical (unpaired) electrons. The number of nitrogen functional groups attached to an aromatic ring is 1. The van der Waals surface area contributed by atoms with Crippen molar-refractivity contribution in [3.8, 4) is 0 Å². The van der Waals surface area contributed by atoms with Crippen LogP contribution >= 0.6 is 0 Å². The number of hydrogen-bond donors (Lipinski definition) is 2. The van der Waals surface area contributed by atoms with Crippen LogP contribution in [0.3, 0.4) is 0 Å². The lowest BCUT2D eigenvalue weighted by Gasteiger charge is -2.15. The maximum absolute atomic E-state index is 12.7. The molecule has 7 heteroatoms. The Balaban J connectivity index is 2.11. The van der Waals surface area contributed by atoms with Gasteiger partial charge in [-0.3, -0.25) is 0 Å². The van der Waals surface area contributed by atoms with E-state index in [4.69, 9.17) is 10.2 Å². The summed E-state index contributed by atoms with van der Waals surface area (Å²) in [7, 11) is 0. The first-order valence-electron chi connectivity index (χ1n) is 5.98. The first kappa shape index (κ1) is 14.2. The predicted octanol–water partition coefficient (Wildman–Crippen LogP) is 3.32. The molecule has 0 aliphatic rings. The fourth-order valence-corrected chi connectivity index (χ4v) is 1.82. The van der Waals surface area contributed by atoms with E-state index in [1.807, 2.05) is 6.92 Å². The second-order valence-electron chi connectivity index (χ2n) is 4.49. The molecule has 20 heavy (non-hydrogen) atoms. The van der Waals surface area contributed by atoms with E-state index in [0.717, 1.165) is 17.9 Å². The fraction of sp³-hybridized carbons (Fsp3) is 0.308. The van der Waals surface area contributed by atoms with Crippen LogP contribution in [0.1, 0.15) is 18.2 Å².